The summed E-state index contributed by atoms with van der Waals surface area (Å²) in [7, 11) is 0. The highest BCUT2D eigenvalue weighted by Crippen LogP contribution is 2.31. The summed E-state index contributed by atoms with van der Waals surface area (Å²) in [6.45, 7) is 4.24. The third-order valence-corrected chi connectivity index (χ3v) is 3.47. The van der Waals surface area contributed by atoms with Gasteiger partial charge in [-0.25, -0.2) is 0 Å². The number of phenols is 1. The van der Waals surface area contributed by atoms with Crippen LogP contribution in [0.2, 0.25) is 0 Å². The van der Waals surface area contributed by atoms with Crippen molar-refractivity contribution in [2.75, 3.05) is 13.2 Å². The number of carbonyl (C=O) groups excluding carboxylic acids is 1. The molecule has 0 fully saturated rings. The summed E-state index contributed by atoms with van der Waals surface area (Å²) in [6, 6.07) is 12.0. The van der Waals surface area contributed by atoms with Crippen LogP contribution in [0.5, 0.6) is 17.2 Å². The Bertz CT molecular complexity index is 772. The Labute approximate surface area is 134 Å². The fourth-order valence-electron chi connectivity index (χ4n) is 2.34. The number of rotatable bonds is 4. The topological polar surface area (TPSA) is 55.8 Å². The van der Waals surface area contributed by atoms with Gasteiger partial charge in [0.05, 0.1) is 5.56 Å². The van der Waals surface area contributed by atoms with Crippen molar-refractivity contribution in [2.45, 2.75) is 0 Å². The van der Waals surface area contributed by atoms with Gasteiger partial charge in [-0.15, -0.1) is 0 Å². The van der Waals surface area contributed by atoms with Gasteiger partial charge in [0.2, 0.25) is 0 Å². The van der Waals surface area contributed by atoms with E-state index in [9.17, 15) is 9.90 Å². The summed E-state index contributed by atoms with van der Waals surface area (Å²) < 4.78 is 11.0. The molecule has 0 atom stereocenters. The monoisotopic (exact) mass is 308 g/mol. The fraction of sp³-hybridized carbons (Fsp3) is 0.105. The number of hydrogen-bond acceptors (Lipinski definition) is 4. The maximum Gasteiger partial charge on any atom is 0.196 e. The molecule has 0 amide bonds. The first kappa shape index (κ1) is 14.9. The number of phenolic OH excluding ortho intramolecular Hbond substituents is 1. The SMILES string of the molecule is C=CCOc1ccc(/C=C2\COc3cc(O)ccc3C2=O)cc1. The standard InChI is InChI=1S/C19H16O4/c1-2-9-22-16-6-3-13(4-7-16)10-14-12-23-18-11-15(20)5-8-17(18)19(14)21/h2-8,10-11,20H,1,9,12H2/b14-10+. The fourth-order valence-corrected chi connectivity index (χ4v) is 2.34. The van der Waals surface area contributed by atoms with Crippen molar-refractivity contribution >= 4 is 11.9 Å². The van der Waals surface area contributed by atoms with Crippen molar-refractivity contribution in [3.63, 3.8) is 0 Å². The van der Waals surface area contributed by atoms with Gasteiger partial charge >= 0.3 is 0 Å². The predicted molar refractivity (Wildman–Crippen MR) is 88.0 cm³/mol. The van der Waals surface area contributed by atoms with Crippen LogP contribution in [0.1, 0.15) is 15.9 Å². The molecule has 0 saturated heterocycles. The van der Waals surface area contributed by atoms with E-state index in [0.29, 0.717) is 23.5 Å². The zero-order valence-corrected chi connectivity index (χ0v) is 12.5. The van der Waals surface area contributed by atoms with Crippen molar-refractivity contribution in [2.24, 2.45) is 0 Å². The second-order valence-corrected chi connectivity index (χ2v) is 5.14. The van der Waals surface area contributed by atoms with E-state index in [-0.39, 0.29) is 18.1 Å². The summed E-state index contributed by atoms with van der Waals surface area (Å²) >= 11 is 0. The molecule has 4 heteroatoms. The summed E-state index contributed by atoms with van der Waals surface area (Å²) in [6.07, 6.45) is 3.48. The van der Waals surface area contributed by atoms with Crippen molar-refractivity contribution < 1.29 is 19.4 Å². The van der Waals surface area contributed by atoms with Gasteiger partial charge in [-0.3, -0.25) is 4.79 Å². The molecule has 1 aliphatic rings. The molecule has 0 bridgehead atoms. The zero-order valence-electron chi connectivity index (χ0n) is 12.5. The van der Waals surface area contributed by atoms with E-state index in [4.69, 9.17) is 9.47 Å². The number of ketones is 1. The van der Waals surface area contributed by atoms with Crippen molar-refractivity contribution in [1.29, 1.82) is 0 Å². The molecular formula is C19H16O4. The molecule has 0 aromatic heterocycles. The van der Waals surface area contributed by atoms with E-state index in [1.807, 2.05) is 24.3 Å². The first-order chi connectivity index (χ1) is 11.2. The number of ether oxygens (including phenoxy) is 2. The number of fused-ring (bicyclic) bond motifs is 1. The highest BCUT2D eigenvalue weighted by molar-refractivity contribution is 6.14. The minimum Gasteiger partial charge on any atom is -0.508 e. The van der Waals surface area contributed by atoms with Gasteiger partial charge in [-0.2, -0.15) is 0 Å². The van der Waals surface area contributed by atoms with Gasteiger partial charge in [-0.1, -0.05) is 24.8 Å². The second-order valence-electron chi connectivity index (χ2n) is 5.14. The van der Waals surface area contributed by atoms with Gasteiger partial charge in [0.15, 0.2) is 5.78 Å². The first-order valence-electron chi connectivity index (χ1n) is 7.22. The average molecular weight is 308 g/mol. The Morgan fingerprint density at radius 2 is 2.00 bits per heavy atom. The van der Waals surface area contributed by atoms with Crippen LogP contribution in [0.25, 0.3) is 6.08 Å². The van der Waals surface area contributed by atoms with E-state index in [1.165, 1.54) is 12.1 Å². The van der Waals surface area contributed by atoms with Crippen molar-refractivity contribution in [3.05, 3.63) is 71.8 Å². The quantitative estimate of drug-likeness (QED) is 0.692. The first-order valence-corrected chi connectivity index (χ1v) is 7.22. The molecule has 0 unspecified atom stereocenters. The molecule has 116 valence electrons. The Morgan fingerprint density at radius 3 is 2.74 bits per heavy atom. The van der Waals surface area contributed by atoms with Gasteiger partial charge in [0, 0.05) is 11.6 Å². The van der Waals surface area contributed by atoms with Crippen molar-refractivity contribution in [3.8, 4) is 17.2 Å². The summed E-state index contributed by atoms with van der Waals surface area (Å²) in [5.41, 5.74) is 1.93. The Balaban J connectivity index is 1.82. The highest BCUT2D eigenvalue weighted by atomic mass is 16.5. The molecule has 3 rings (SSSR count). The summed E-state index contributed by atoms with van der Waals surface area (Å²) in [5, 5.41) is 9.44. The third-order valence-electron chi connectivity index (χ3n) is 3.47. The average Bonchev–Trinajstić information content (AvgIpc) is 2.56. The molecule has 23 heavy (non-hydrogen) atoms. The lowest BCUT2D eigenvalue weighted by atomic mass is 9.98. The Morgan fingerprint density at radius 1 is 1.22 bits per heavy atom. The molecule has 4 nitrogen and oxygen atoms in total. The lowest BCUT2D eigenvalue weighted by molar-refractivity contribution is 0.100. The van der Waals surface area contributed by atoms with Crippen LogP contribution in [-0.2, 0) is 0 Å². The van der Waals surface area contributed by atoms with Gasteiger partial charge in [0.1, 0.15) is 30.5 Å². The molecule has 0 radical (unpaired) electrons. The molecule has 2 aromatic carbocycles. The molecule has 0 spiro atoms. The predicted octanol–water partition coefficient (Wildman–Crippen LogP) is 3.62. The second kappa shape index (κ2) is 6.40. The van der Waals surface area contributed by atoms with E-state index < -0.39 is 0 Å². The summed E-state index contributed by atoms with van der Waals surface area (Å²) in [4.78, 5) is 12.5. The summed E-state index contributed by atoms with van der Waals surface area (Å²) in [5.74, 6) is 1.16. The van der Waals surface area contributed by atoms with Crippen LogP contribution in [0.3, 0.4) is 0 Å². The van der Waals surface area contributed by atoms with Gasteiger partial charge in [0.25, 0.3) is 0 Å². The molecule has 0 saturated carbocycles. The van der Waals surface area contributed by atoms with Crippen molar-refractivity contribution in [1.82, 2.24) is 0 Å². The molecule has 1 aliphatic heterocycles. The van der Waals surface area contributed by atoms with E-state index in [1.54, 1.807) is 18.2 Å². The van der Waals surface area contributed by atoms with Crippen LogP contribution < -0.4 is 9.47 Å². The van der Waals surface area contributed by atoms with E-state index >= 15 is 0 Å². The van der Waals surface area contributed by atoms with Crippen LogP contribution in [0.15, 0.2) is 60.7 Å². The normalized spacial score (nSPS) is 15.0. The maximum atomic E-state index is 12.5. The molecule has 2 aromatic rings. The number of hydrogen-bond donors (Lipinski definition) is 1. The van der Waals surface area contributed by atoms with E-state index in [2.05, 4.69) is 6.58 Å². The number of benzene rings is 2. The third kappa shape index (κ3) is 3.26. The Kier molecular flexibility index (Phi) is 4.15. The number of aromatic hydroxyl groups is 1. The van der Waals surface area contributed by atoms with Crippen LogP contribution in [0.4, 0.5) is 0 Å². The van der Waals surface area contributed by atoms with E-state index in [0.717, 1.165) is 11.3 Å². The van der Waals surface area contributed by atoms with Gasteiger partial charge < -0.3 is 14.6 Å². The molecular weight excluding hydrogens is 292 g/mol. The number of carbonyl (C=O) groups is 1. The molecule has 0 aliphatic carbocycles. The minimum absolute atomic E-state index is 0.0825. The largest absolute Gasteiger partial charge is 0.508 e. The van der Waals surface area contributed by atoms with Crippen LogP contribution in [0, 0.1) is 0 Å². The zero-order chi connectivity index (χ0) is 16.2. The lowest BCUT2D eigenvalue weighted by Gasteiger charge is -2.18. The molecule has 1 heterocycles. The smallest absolute Gasteiger partial charge is 0.196 e. The van der Waals surface area contributed by atoms with Crippen LogP contribution in [-0.4, -0.2) is 24.1 Å². The van der Waals surface area contributed by atoms with Gasteiger partial charge in [-0.05, 0) is 35.9 Å². The van der Waals surface area contributed by atoms with Crippen LogP contribution >= 0.6 is 0 Å². The maximum absolute atomic E-state index is 12.5. The molecule has 1 N–H and O–H groups in total. The lowest BCUT2D eigenvalue weighted by Crippen LogP contribution is -2.18. The Hall–Kier alpha value is -3.01. The highest BCUT2D eigenvalue weighted by Gasteiger charge is 2.23. The minimum atomic E-state index is -0.0850. The number of Topliss-reactive ketones (excluding diaryl/α,β-unsaturated/α-hetero) is 1.